The molecule has 37 heavy (non-hydrogen) atoms. The molecule has 0 aliphatic carbocycles. The van der Waals surface area contributed by atoms with Gasteiger partial charge in [0.1, 0.15) is 11.8 Å². The molecule has 0 fully saturated rings. The van der Waals surface area contributed by atoms with Crippen molar-refractivity contribution in [1.29, 1.82) is 0 Å². The van der Waals surface area contributed by atoms with E-state index in [9.17, 15) is 27.6 Å². The van der Waals surface area contributed by atoms with Crippen LogP contribution in [-0.2, 0) is 34.0 Å². The van der Waals surface area contributed by atoms with Gasteiger partial charge in [-0.2, -0.15) is 8.42 Å². The van der Waals surface area contributed by atoms with Gasteiger partial charge in [0.2, 0.25) is 11.8 Å². The molecule has 216 valence electrons. The zero-order valence-corrected chi connectivity index (χ0v) is 23.7. The van der Waals surface area contributed by atoms with E-state index in [0.29, 0.717) is 30.4 Å². The minimum absolute atomic E-state index is 0.0831. The standard InChI is InChI=1S/C24H45N3O9S/c1-6-24(2,3)23(32)26-20(11-10-19(28)9-7-16-36-17-12-21(29)30)22(31)25-13-15-27(4,5)14-8-18-37(33,34)35/h20H,6-18H2,1-5H3,(H3-,25,26,29,30,31,32,33,34,35)/p+1. The lowest BCUT2D eigenvalue weighted by atomic mass is 9.88. The van der Waals surface area contributed by atoms with Gasteiger partial charge in [-0.05, 0) is 19.3 Å². The van der Waals surface area contributed by atoms with E-state index in [0.717, 1.165) is 0 Å². The second kappa shape index (κ2) is 16.7. The second-order valence-corrected chi connectivity index (χ2v) is 12.1. The summed E-state index contributed by atoms with van der Waals surface area (Å²) >= 11 is 0. The van der Waals surface area contributed by atoms with E-state index in [-0.39, 0.29) is 69.3 Å². The van der Waals surface area contributed by atoms with E-state index in [1.54, 1.807) is 13.8 Å². The third-order valence-electron chi connectivity index (χ3n) is 6.22. The first-order valence-corrected chi connectivity index (χ1v) is 14.3. The van der Waals surface area contributed by atoms with Gasteiger partial charge in [-0.15, -0.1) is 0 Å². The molecule has 0 aromatic rings. The number of carbonyl (C=O) groups excluding carboxylic acids is 3. The minimum atomic E-state index is -4.02. The highest BCUT2D eigenvalue weighted by Crippen LogP contribution is 2.20. The van der Waals surface area contributed by atoms with Gasteiger partial charge in [-0.25, -0.2) is 0 Å². The zero-order valence-electron chi connectivity index (χ0n) is 22.9. The van der Waals surface area contributed by atoms with Crippen LogP contribution in [0.2, 0.25) is 0 Å². The number of aliphatic carboxylic acids is 1. The molecule has 0 rings (SSSR count). The van der Waals surface area contributed by atoms with Crippen LogP contribution in [0.1, 0.15) is 65.7 Å². The van der Waals surface area contributed by atoms with Gasteiger partial charge in [-0.1, -0.05) is 20.8 Å². The quantitative estimate of drug-likeness (QED) is 0.0919. The van der Waals surface area contributed by atoms with Gasteiger partial charge in [0.25, 0.3) is 10.1 Å². The van der Waals surface area contributed by atoms with Crippen LogP contribution in [0.3, 0.4) is 0 Å². The molecular formula is C24H46N3O9S+. The second-order valence-electron chi connectivity index (χ2n) is 10.5. The van der Waals surface area contributed by atoms with E-state index < -0.39 is 33.5 Å². The first-order valence-electron chi connectivity index (χ1n) is 12.7. The van der Waals surface area contributed by atoms with Crippen molar-refractivity contribution in [3.8, 4) is 0 Å². The van der Waals surface area contributed by atoms with Crippen LogP contribution in [0.4, 0.5) is 0 Å². The summed E-state index contributed by atoms with van der Waals surface area (Å²) in [6.07, 6.45) is 1.65. The molecule has 0 saturated carbocycles. The summed E-state index contributed by atoms with van der Waals surface area (Å²) in [7, 11) is -0.264. The fourth-order valence-electron chi connectivity index (χ4n) is 3.24. The van der Waals surface area contributed by atoms with E-state index in [1.807, 2.05) is 21.0 Å². The fourth-order valence-corrected chi connectivity index (χ4v) is 3.73. The van der Waals surface area contributed by atoms with Gasteiger partial charge in [-0.3, -0.25) is 23.7 Å². The van der Waals surface area contributed by atoms with E-state index in [1.165, 1.54) is 0 Å². The van der Waals surface area contributed by atoms with Crippen LogP contribution >= 0.6 is 0 Å². The molecule has 0 aliphatic heterocycles. The highest BCUT2D eigenvalue weighted by atomic mass is 32.2. The highest BCUT2D eigenvalue weighted by Gasteiger charge is 2.30. The molecule has 1 atom stereocenters. The predicted molar refractivity (Wildman–Crippen MR) is 138 cm³/mol. The third-order valence-corrected chi connectivity index (χ3v) is 7.02. The molecule has 0 radical (unpaired) electrons. The Bertz CT molecular complexity index is 858. The van der Waals surface area contributed by atoms with Crippen LogP contribution in [-0.4, -0.2) is 105 Å². The van der Waals surface area contributed by atoms with Gasteiger partial charge in [0.05, 0.1) is 52.5 Å². The SMILES string of the molecule is CCC(C)(C)C(=O)NC(CCC(=O)CCCOCCC(=O)O)C(=O)NCC[N+](C)(C)CCCS(=O)(=O)O. The number of carbonyl (C=O) groups is 4. The number of carboxylic acids is 1. The molecule has 0 heterocycles. The summed E-state index contributed by atoms with van der Waals surface area (Å²) in [6, 6.07) is -0.885. The molecule has 13 heteroatoms. The number of amides is 2. The summed E-state index contributed by atoms with van der Waals surface area (Å²) in [5.41, 5.74) is -0.679. The Hall–Kier alpha value is -2.09. The predicted octanol–water partition coefficient (Wildman–Crippen LogP) is 0.999. The normalized spacial score (nSPS) is 13.1. The molecule has 2 amide bonds. The summed E-state index contributed by atoms with van der Waals surface area (Å²) < 4.78 is 36.3. The minimum Gasteiger partial charge on any atom is -0.481 e. The first kappa shape index (κ1) is 34.9. The van der Waals surface area contributed by atoms with Crippen LogP contribution in [0.25, 0.3) is 0 Å². The van der Waals surface area contributed by atoms with E-state index in [2.05, 4.69) is 10.6 Å². The lowest BCUT2D eigenvalue weighted by molar-refractivity contribution is -0.889. The zero-order chi connectivity index (χ0) is 28.7. The molecule has 4 N–H and O–H groups in total. The van der Waals surface area contributed by atoms with Crippen molar-refractivity contribution in [2.45, 2.75) is 71.8 Å². The number of hydrogen-bond acceptors (Lipinski definition) is 7. The average molecular weight is 553 g/mol. The lowest BCUT2D eigenvalue weighted by Crippen LogP contribution is -2.52. The van der Waals surface area contributed by atoms with Gasteiger partial charge in [0.15, 0.2) is 0 Å². The maximum Gasteiger partial charge on any atom is 0.305 e. The van der Waals surface area contributed by atoms with Gasteiger partial charge in [0, 0.05) is 31.3 Å². The topological polar surface area (TPSA) is 176 Å². The van der Waals surface area contributed by atoms with Crippen LogP contribution in [0.15, 0.2) is 0 Å². The van der Waals surface area contributed by atoms with Gasteiger partial charge >= 0.3 is 5.97 Å². The number of ether oxygens (including phenoxy) is 1. The van der Waals surface area contributed by atoms with Crippen molar-refractivity contribution in [2.75, 3.05) is 52.7 Å². The summed E-state index contributed by atoms with van der Waals surface area (Å²) in [6.45, 7) is 7.04. The van der Waals surface area contributed by atoms with E-state index in [4.69, 9.17) is 14.4 Å². The molecule has 0 aliphatic rings. The maximum atomic E-state index is 12.9. The molecule has 0 aromatic carbocycles. The monoisotopic (exact) mass is 552 g/mol. The summed E-state index contributed by atoms with van der Waals surface area (Å²) in [4.78, 5) is 48.4. The number of Topliss-reactive ketones (excluding diaryl/α,β-unsaturated/α-hetero) is 1. The Kier molecular flexibility index (Phi) is 15.7. The Balaban J connectivity index is 4.82. The van der Waals surface area contributed by atoms with Crippen molar-refractivity contribution >= 4 is 33.7 Å². The van der Waals surface area contributed by atoms with Crippen LogP contribution in [0.5, 0.6) is 0 Å². The fraction of sp³-hybridized carbons (Fsp3) is 0.833. The van der Waals surface area contributed by atoms with Crippen LogP contribution in [0, 0.1) is 5.41 Å². The number of likely N-dealkylation sites (N-methyl/N-ethyl adjacent to an activating group) is 1. The number of nitrogens with one attached hydrogen (secondary N) is 2. The largest absolute Gasteiger partial charge is 0.481 e. The van der Waals surface area contributed by atoms with Crippen molar-refractivity contribution in [1.82, 2.24) is 10.6 Å². The smallest absolute Gasteiger partial charge is 0.305 e. The number of nitrogens with zero attached hydrogens (tertiary/aromatic N) is 1. The number of quaternary nitrogens is 1. The highest BCUT2D eigenvalue weighted by molar-refractivity contribution is 7.85. The summed E-state index contributed by atoms with van der Waals surface area (Å²) in [5, 5.41) is 14.2. The van der Waals surface area contributed by atoms with Crippen molar-refractivity contribution < 1.29 is 46.5 Å². The third kappa shape index (κ3) is 17.9. The Morgan fingerprint density at radius 1 is 1.00 bits per heavy atom. The summed E-state index contributed by atoms with van der Waals surface area (Å²) in [5.74, 6) is -2.04. The Labute approximate surface area is 220 Å². The molecule has 0 bridgehead atoms. The number of ketones is 1. The van der Waals surface area contributed by atoms with E-state index >= 15 is 0 Å². The number of rotatable bonds is 21. The van der Waals surface area contributed by atoms with Crippen molar-refractivity contribution in [3.63, 3.8) is 0 Å². The molecule has 1 unspecified atom stereocenters. The first-order chi connectivity index (χ1) is 17.0. The Morgan fingerprint density at radius 2 is 1.65 bits per heavy atom. The molecule has 0 aromatic heterocycles. The average Bonchev–Trinajstić information content (AvgIpc) is 2.77. The maximum absolute atomic E-state index is 12.9. The number of carboxylic acid groups (broad SMARTS) is 1. The van der Waals surface area contributed by atoms with Gasteiger partial charge < -0.3 is 25.0 Å². The van der Waals surface area contributed by atoms with Crippen LogP contribution < -0.4 is 10.6 Å². The molecule has 0 spiro atoms. The van der Waals surface area contributed by atoms with Crippen molar-refractivity contribution in [2.24, 2.45) is 5.41 Å². The lowest BCUT2D eigenvalue weighted by Gasteiger charge is -2.30. The molecular weight excluding hydrogens is 506 g/mol. The Morgan fingerprint density at radius 3 is 2.22 bits per heavy atom. The molecule has 12 nitrogen and oxygen atoms in total. The van der Waals surface area contributed by atoms with Crippen molar-refractivity contribution in [3.05, 3.63) is 0 Å². The molecule has 0 saturated heterocycles. The number of hydrogen-bond donors (Lipinski definition) is 4.